The molecule has 0 amide bonds. The molecular weight excluding hydrogens is 1350 g/mol. The summed E-state index contributed by atoms with van der Waals surface area (Å²) in [5.41, 5.74) is 17.5. The van der Waals surface area contributed by atoms with Crippen molar-refractivity contribution in [2.24, 2.45) is 70.5 Å². The van der Waals surface area contributed by atoms with Crippen molar-refractivity contribution in [2.75, 3.05) is 0 Å². The summed E-state index contributed by atoms with van der Waals surface area (Å²) in [6.07, 6.45) is 6.36. The van der Waals surface area contributed by atoms with E-state index in [-0.39, 0.29) is 77.9 Å². The number of aryl methyl sites for hydroxylation is 11. The van der Waals surface area contributed by atoms with E-state index in [1.165, 1.54) is 102 Å². The molecule has 9 heterocycles. The van der Waals surface area contributed by atoms with Gasteiger partial charge in [0.15, 0.2) is 17.2 Å². The molecule has 75 heavy (non-hydrogen) atoms. The number of aromatic nitrogens is 16. The maximum atomic E-state index is 4.20. The van der Waals surface area contributed by atoms with Gasteiger partial charge in [-0.15, -0.1) is 15.9 Å². The zero-order valence-electron chi connectivity index (χ0n) is 48.8. The first-order valence-corrected chi connectivity index (χ1v) is 25.7. The van der Waals surface area contributed by atoms with Gasteiger partial charge in [-0.3, -0.25) is 0 Å². The molecule has 0 atom stereocenters. The molecule has 0 spiro atoms. The average molecular weight is 1430 g/mol. The van der Waals surface area contributed by atoms with Crippen molar-refractivity contribution in [1.29, 1.82) is 0 Å². The summed E-state index contributed by atoms with van der Waals surface area (Å²) in [6, 6.07) is 6.53. The van der Waals surface area contributed by atoms with Crippen LogP contribution in [0.3, 0.4) is 0 Å². The van der Waals surface area contributed by atoms with Gasteiger partial charge >= 0.3 is 77.9 Å². The molecule has 9 rings (SSSR count). The van der Waals surface area contributed by atoms with Crippen LogP contribution in [-0.2, 0) is 148 Å². The first-order valence-electron chi connectivity index (χ1n) is 23.4. The fraction of sp³-hybridized carbons (Fsp3) is 0.500. The molecule has 0 saturated heterocycles. The summed E-state index contributed by atoms with van der Waals surface area (Å²) in [6.45, 7) is 33.3. The van der Waals surface area contributed by atoms with E-state index >= 15 is 0 Å². The van der Waals surface area contributed by atoms with Crippen LogP contribution >= 0.6 is 34.6 Å². The second kappa shape index (κ2) is 30.6. The topological polar surface area (TPSA) is 122 Å². The Morgan fingerprint density at radius 3 is 1.05 bits per heavy atom. The number of hydrogen-bond donors (Lipinski definition) is 0. The zero-order valence-corrected chi connectivity index (χ0v) is 58.2. The van der Waals surface area contributed by atoms with Crippen molar-refractivity contribution < 1.29 is 96.2 Å². The molecule has 0 unspecified atom stereocenters. The van der Waals surface area contributed by atoms with E-state index in [4.69, 9.17) is 0 Å². The molecule has 0 aliphatic carbocycles. The standard InChI is InChI=1S/C10H15N4S.C10H12N3S.C9H12N4S.C8H15N2.C8H12N.C7H12N2.4Ru/c1-6-10(9-7(2)15-12-11-9)14(5)8(3)13(6)4;1-6-5-7(2)13(4)10(6)9-8(3)14-12-11-9;1-6-5-12(3)9(13(6)4)8-7(2)14-11-10-8;1-6-7(2)10(5)8(3)9(6)4;1-6-5-7(2)9(4)8(6)3;1-6-5-8(3)7(2)9(6)4;;;;/h1-5H3;2*1-4H3;1-5H3;2*1-4H3;;;;/q+1;-1;;+1;-1;;4*+1. The monoisotopic (exact) mass is 1430 g/mol. The van der Waals surface area contributed by atoms with Gasteiger partial charge in [0.05, 0.1) is 47.2 Å². The number of nitrogens with zero attached hydrogens (tertiary/aromatic N) is 16. The Labute approximate surface area is 511 Å². The SMILES string of the molecule is Cc1[c-][n+](C)c(C)n1C.Cc1[c-]c(C)n(C)c1-c1nnsc1C.Cc1[c-]c(C)n(C)c1C.Cc1c(C)[n+](C)c(C)n1C.Cc1snnc1-c1c(C)n(C)c(C)[n+]1C.Cc1snnc1-c1n(C)c(C)[c-][n+]1C.[Ru+].[Ru+].[Ru+].[Ru+]. The minimum Gasteiger partial charge on any atom is -0.445 e. The predicted molar refractivity (Wildman–Crippen MR) is 285 cm³/mol. The fourth-order valence-electron chi connectivity index (χ4n) is 7.95. The zero-order chi connectivity index (χ0) is 53.7. The van der Waals surface area contributed by atoms with Crippen LogP contribution in [0.5, 0.6) is 0 Å². The number of hydrogen-bond acceptors (Lipinski definition) is 9. The molecule has 0 N–H and O–H groups in total. The Kier molecular flexibility index (Phi) is 29.2. The van der Waals surface area contributed by atoms with Gasteiger partial charge in [0, 0.05) is 75.6 Å². The van der Waals surface area contributed by atoms with Gasteiger partial charge in [0.2, 0.25) is 0 Å². The number of imidazole rings is 4. The van der Waals surface area contributed by atoms with Crippen LogP contribution in [0.15, 0.2) is 0 Å². The normalized spacial score (nSPS) is 10.1. The van der Waals surface area contributed by atoms with Crippen LogP contribution in [0.25, 0.3) is 34.3 Å². The van der Waals surface area contributed by atoms with Crippen molar-refractivity contribution in [3.8, 4) is 34.3 Å². The summed E-state index contributed by atoms with van der Waals surface area (Å²) in [5.74, 6) is 4.80. The van der Waals surface area contributed by atoms with Gasteiger partial charge in [-0.25, -0.2) is 36.0 Å². The quantitative estimate of drug-likeness (QED) is 0.106. The van der Waals surface area contributed by atoms with Gasteiger partial charge in [-0.1, -0.05) is 51.3 Å². The van der Waals surface area contributed by atoms with Gasteiger partial charge < -0.3 is 27.4 Å². The van der Waals surface area contributed by atoms with E-state index in [0.29, 0.717) is 0 Å². The van der Waals surface area contributed by atoms with Crippen molar-refractivity contribution in [2.45, 2.75) is 111 Å². The number of rotatable bonds is 3. The van der Waals surface area contributed by atoms with Crippen molar-refractivity contribution in [3.05, 3.63) is 113 Å². The third-order valence-corrected chi connectivity index (χ3v) is 15.9. The van der Waals surface area contributed by atoms with Crippen LogP contribution in [0, 0.1) is 135 Å². The van der Waals surface area contributed by atoms with E-state index < -0.39 is 0 Å². The maximum absolute atomic E-state index is 4.20. The third-order valence-electron chi connectivity index (χ3n) is 14.0. The van der Waals surface area contributed by atoms with E-state index in [1.54, 1.807) is 0 Å². The summed E-state index contributed by atoms with van der Waals surface area (Å²) in [5, 5.41) is 12.5. The van der Waals surface area contributed by atoms with Crippen molar-refractivity contribution in [3.63, 3.8) is 0 Å². The molecule has 23 heteroatoms. The minimum atomic E-state index is 0. The van der Waals surface area contributed by atoms with E-state index in [2.05, 4.69) is 201 Å². The molecule has 0 bridgehead atoms. The molecule has 412 valence electrons. The molecule has 0 aliphatic heterocycles. The minimum absolute atomic E-state index is 0. The van der Waals surface area contributed by atoms with Gasteiger partial charge in [-0.2, -0.15) is 10.7 Å². The Balaban J connectivity index is 0.000000877. The van der Waals surface area contributed by atoms with Gasteiger partial charge in [-0.05, 0) is 116 Å². The molecule has 4 radical (unpaired) electrons. The fourth-order valence-corrected chi connectivity index (χ4v) is 9.35. The Bertz CT molecular complexity index is 2970. The van der Waals surface area contributed by atoms with Crippen LogP contribution in [0.4, 0.5) is 0 Å². The molecule has 16 nitrogen and oxygen atoms in total. The summed E-state index contributed by atoms with van der Waals surface area (Å²) in [7, 11) is 20.5. The Morgan fingerprint density at radius 1 is 0.387 bits per heavy atom. The summed E-state index contributed by atoms with van der Waals surface area (Å²) in [4.78, 5) is 3.46. The van der Waals surface area contributed by atoms with Crippen LogP contribution < -0.4 is 18.3 Å². The maximum Gasteiger partial charge on any atom is 1.00 e. The molecule has 0 aliphatic rings. The Morgan fingerprint density at radius 2 is 0.800 bits per heavy atom. The first-order chi connectivity index (χ1) is 33.1. The summed E-state index contributed by atoms with van der Waals surface area (Å²) < 4.78 is 33.0. The molecule has 9 aromatic heterocycles. The van der Waals surface area contributed by atoms with Crippen molar-refractivity contribution in [1.82, 2.24) is 56.2 Å². The molecule has 0 fully saturated rings. The smallest absolute Gasteiger partial charge is 0.445 e. The van der Waals surface area contributed by atoms with Crippen LogP contribution in [0.1, 0.15) is 88.8 Å². The van der Waals surface area contributed by atoms with Gasteiger partial charge in [0.1, 0.15) is 28.6 Å². The molecule has 0 aromatic carbocycles. The van der Waals surface area contributed by atoms with E-state index in [0.717, 1.165) is 55.3 Å². The van der Waals surface area contributed by atoms with Crippen LogP contribution in [-0.4, -0.2) is 56.2 Å². The van der Waals surface area contributed by atoms with Crippen LogP contribution in [0.2, 0.25) is 0 Å². The van der Waals surface area contributed by atoms with Gasteiger partial charge in [0.25, 0.3) is 11.6 Å². The average Bonchev–Trinajstić information content (AvgIpc) is 4.24. The Hall–Kier alpha value is -3.43. The first kappa shape index (κ1) is 71.6. The molecule has 9 aromatic rings. The van der Waals surface area contributed by atoms with E-state index in [1.807, 2.05) is 79.0 Å². The predicted octanol–water partition coefficient (Wildman–Crippen LogP) is 7.13. The largest absolute Gasteiger partial charge is 1.00 e. The molecule has 0 saturated carbocycles. The molecular formula is C52H78N16Ru4S3+4. The van der Waals surface area contributed by atoms with Crippen molar-refractivity contribution >= 4 is 34.6 Å². The van der Waals surface area contributed by atoms with E-state index in [9.17, 15) is 0 Å². The second-order valence-corrected chi connectivity index (χ2v) is 21.1. The second-order valence-electron chi connectivity index (χ2n) is 18.2. The third kappa shape index (κ3) is 16.3. The summed E-state index contributed by atoms with van der Waals surface area (Å²) >= 11 is 4.31.